The summed E-state index contributed by atoms with van der Waals surface area (Å²) in [6.45, 7) is 0. The smallest absolute Gasteiger partial charge is 0.0675 e. The van der Waals surface area contributed by atoms with Gasteiger partial charge in [-0.25, -0.2) is 0 Å². The SMILES string of the molecule is C.C.C.CN(C)C.C[N+](C)(C)C.C[N+](C)(C)[O-]. The monoisotopic (exact) mass is 256 g/mol. The highest BCUT2D eigenvalue weighted by molar-refractivity contribution is 4.09. The van der Waals surface area contributed by atoms with Crippen molar-refractivity contribution in [1.29, 1.82) is 0 Å². The molecule has 0 saturated heterocycles. The van der Waals surface area contributed by atoms with Gasteiger partial charge in [0.1, 0.15) is 0 Å². The van der Waals surface area contributed by atoms with E-state index < -0.39 is 0 Å². The van der Waals surface area contributed by atoms with Crippen molar-refractivity contribution < 1.29 is 9.13 Å². The van der Waals surface area contributed by atoms with Crippen molar-refractivity contribution >= 4 is 0 Å². The molecule has 0 spiro atoms. The molecule has 0 radical (unpaired) electrons. The van der Waals surface area contributed by atoms with Gasteiger partial charge in [-0.2, -0.15) is 0 Å². The Morgan fingerprint density at radius 1 is 0.647 bits per heavy atom. The van der Waals surface area contributed by atoms with Gasteiger partial charge in [-0.3, -0.25) is 0 Å². The topological polar surface area (TPSA) is 26.3 Å². The molecule has 0 bridgehead atoms. The normalized spacial score (nSPS) is 9.18. The highest BCUT2D eigenvalue weighted by Gasteiger charge is 1.88. The number of hydrogen-bond donors (Lipinski definition) is 0. The summed E-state index contributed by atoms with van der Waals surface area (Å²) in [6.07, 6.45) is 0. The van der Waals surface area contributed by atoms with E-state index in [-0.39, 0.29) is 26.9 Å². The summed E-state index contributed by atoms with van der Waals surface area (Å²) in [7, 11) is 19.2. The summed E-state index contributed by atoms with van der Waals surface area (Å²) in [5, 5.41) is 10.0. The van der Waals surface area contributed by atoms with E-state index in [1.807, 2.05) is 26.0 Å². The standard InChI is InChI=1S/C4H12N.C3H9NO.C3H9N.3CH4/c1-5(2,3)4;1-4(2,3)5;1-4(2)3;;;/h1-4H3;1-3H3;1-3H3;3*1H4/q+1;;;;;. The number of hydrogen-bond acceptors (Lipinski definition) is 2. The van der Waals surface area contributed by atoms with Crippen LogP contribution < -0.4 is 0 Å². The largest absolute Gasteiger partial charge is 0.633 e. The average molecular weight is 256 g/mol. The first-order valence-corrected chi connectivity index (χ1v) is 4.65. The summed E-state index contributed by atoms with van der Waals surface area (Å²) in [4.78, 5) is 2.00. The lowest BCUT2D eigenvalue weighted by Gasteiger charge is -2.27. The molecule has 0 rings (SSSR count). The molecule has 0 aromatic heterocycles. The van der Waals surface area contributed by atoms with E-state index in [2.05, 4.69) is 28.2 Å². The lowest BCUT2D eigenvalue weighted by molar-refractivity contribution is -0.849. The Kier molecular flexibility index (Phi) is 33.5. The molecule has 17 heavy (non-hydrogen) atoms. The van der Waals surface area contributed by atoms with E-state index in [1.54, 1.807) is 21.1 Å². The van der Waals surface area contributed by atoms with Gasteiger partial charge in [-0.15, -0.1) is 0 Å². The maximum absolute atomic E-state index is 10.0. The minimum absolute atomic E-state index is 0. The summed E-state index contributed by atoms with van der Waals surface area (Å²) < 4.78 is 0.750. The van der Waals surface area contributed by atoms with Crippen LogP contribution >= 0.6 is 0 Å². The number of quaternary nitrogens is 2. The second-order valence-corrected chi connectivity index (χ2v) is 5.91. The highest BCUT2D eigenvalue weighted by atomic mass is 16.5. The fourth-order valence-electron chi connectivity index (χ4n) is 0. The molecule has 0 aromatic rings. The molecule has 114 valence electrons. The Morgan fingerprint density at radius 2 is 0.647 bits per heavy atom. The van der Waals surface area contributed by atoms with E-state index in [0.29, 0.717) is 0 Å². The zero-order valence-electron chi connectivity index (χ0n) is 11.7. The van der Waals surface area contributed by atoms with Crippen molar-refractivity contribution in [2.75, 3.05) is 70.5 Å². The minimum Gasteiger partial charge on any atom is -0.633 e. The zero-order valence-corrected chi connectivity index (χ0v) is 11.7. The molecular weight excluding hydrogens is 214 g/mol. The van der Waals surface area contributed by atoms with E-state index in [1.165, 1.54) is 0 Å². The lowest BCUT2D eigenvalue weighted by atomic mass is 10.8. The van der Waals surface area contributed by atoms with Crippen LogP contribution in [-0.2, 0) is 0 Å². The third kappa shape index (κ3) is 119000. The van der Waals surface area contributed by atoms with Gasteiger partial charge in [0.15, 0.2) is 0 Å². The van der Waals surface area contributed by atoms with Crippen molar-refractivity contribution in [2.45, 2.75) is 22.3 Å². The van der Waals surface area contributed by atoms with Crippen LogP contribution in [0.5, 0.6) is 0 Å². The van der Waals surface area contributed by atoms with Gasteiger partial charge < -0.3 is 19.2 Å². The van der Waals surface area contributed by atoms with Gasteiger partial charge >= 0.3 is 0 Å². The van der Waals surface area contributed by atoms with Crippen LogP contribution in [0.2, 0.25) is 0 Å². The molecule has 4 heteroatoms. The van der Waals surface area contributed by atoms with Gasteiger partial charge in [0.2, 0.25) is 0 Å². The maximum Gasteiger partial charge on any atom is 0.0675 e. The third-order valence-electron chi connectivity index (χ3n) is 0. The minimum atomic E-state index is -0.250. The molecule has 0 aliphatic heterocycles. The first kappa shape index (κ1) is 36.0. The van der Waals surface area contributed by atoms with Crippen LogP contribution in [0.4, 0.5) is 0 Å². The predicted molar refractivity (Wildman–Crippen MR) is 85.2 cm³/mol. The van der Waals surface area contributed by atoms with Crippen molar-refractivity contribution in [3.05, 3.63) is 5.21 Å². The van der Waals surface area contributed by atoms with Crippen molar-refractivity contribution in [2.24, 2.45) is 0 Å². The Labute approximate surface area is 113 Å². The van der Waals surface area contributed by atoms with Crippen LogP contribution in [0, 0.1) is 5.21 Å². The zero-order chi connectivity index (χ0) is 12.6. The Bertz CT molecular complexity index is 86.1. The molecule has 0 aliphatic rings. The van der Waals surface area contributed by atoms with Crippen molar-refractivity contribution in [1.82, 2.24) is 4.90 Å². The van der Waals surface area contributed by atoms with Crippen molar-refractivity contribution in [3.63, 3.8) is 0 Å². The fourth-order valence-corrected chi connectivity index (χ4v) is 0. The third-order valence-corrected chi connectivity index (χ3v) is 0. The molecule has 0 unspecified atom stereocenters. The molecular formula is C13H42N3O+. The molecule has 0 saturated carbocycles. The molecule has 0 fully saturated rings. The summed E-state index contributed by atoms with van der Waals surface area (Å²) >= 11 is 0. The van der Waals surface area contributed by atoms with E-state index in [9.17, 15) is 5.21 Å². The molecule has 4 nitrogen and oxygen atoms in total. The summed E-state index contributed by atoms with van der Waals surface area (Å²) in [5.74, 6) is 0. The lowest BCUT2D eigenvalue weighted by Crippen LogP contribution is -2.27. The molecule has 0 amide bonds. The maximum atomic E-state index is 10.0. The van der Waals surface area contributed by atoms with E-state index in [4.69, 9.17) is 0 Å². The van der Waals surface area contributed by atoms with Crippen LogP contribution in [-0.4, -0.2) is 84.5 Å². The summed E-state index contributed by atoms with van der Waals surface area (Å²) in [5.41, 5.74) is 0. The van der Waals surface area contributed by atoms with Gasteiger partial charge in [0, 0.05) is 0 Å². The quantitative estimate of drug-likeness (QED) is 0.492. The van der Waals surface area contributed by atoms with E-state index in [0.717, 1.165) is 4.48 Å². The average Bonchev–Trinajstić information content (AvgIpc) is 1.45. The molecule has 0 atom stereocenters. The van der Waals surface area contributed by atoms with Crippen LogP contribution in [0.3, 0.4) is 0 Å². The first-order chi connectivity index (χ1) is 5.73. The molecule has 0 aliphatic carbocycles. The second-order valence-electron chi connectivity index (χ2n) is 5.91. The Balaban J connectivity index is -0.0000000247. The first-order valence-electron chi connectivity index (χ1n) is 4.65. The van der Waals surface area contributed by atoms with Gasteiger partial charge in [0.25, 0.3) is 0 Å². The van der Waals surface area contributed by atoms with Crippen LogP contribution in [0.25, 0.3) is 0 Å². The number of rotatable bonds is 0. The number of hydroxylamine groups is 3. The highest BCUT2D eigenvalue weighted by Crippen LogP contribution is 1.77. The van der Waals surface area contributed by atoms with Gasteiger partial charge in [-0.1, -0.05) is 22.3 Å². The van der Waals surface area contributed by atoms with Crippen molar-refractivity contribution in [3.8, 4) is 0 Å². The molecule has 0 N–H and O–H groups in total. The van der Waals surface area contributed by atoms with Gasteiger partial charge in [0.05, 0.1) is 49.3 Å². The predicted octanol–water partition coefficient (Wildman–Crippen LogP) is 2.60. The van der Waals surface area contributed by atoms with Crippen LogP contribution in [0.1, 0.15) is 22.3 Å². The Morgan fingerprint density at radius 3 is 0.647 bits per heavy atom. The molecule has 0 aromatic carbocycles. The van der Waals surface area contributed by atoms with Gasteiger partial charge in [-0.05, 0) is 21.1 Å². The van der Waals surface area contributed by atoms with E-state index >= 15 is 0 Å². The van der Waals surface area contributed by atoms with Crippen LogP contribution in [0.15, 0.2) is 0 Å². The number of nitrogens with zero attached hydrogens (tertiary/aromatic N) is 3. The second kappa shape index (κ2) is 15.8. The Hall–Kier alpha value is -0.160. The molecule has 0 heterocycles. The summed E-state index contributed by atoms with van der Waals surface area (Å²) in [6, 6.07) is 0. The fraction of sp³-hybridized carbons (Fsp3) is 1.00.